The van der Waals surface area contributed by atoms with Crippen LogP contribution < -0.4 is 4.90 Å². The van der Waals surface area contributed by atoms with E-state index >= 15 is 0 Å². The Labute approximate surface area is 103 Å². The number of ketones is 1. The molecule has 1 amide bonds. The van der Waals surface area contributed by atoms with E-state index in [4.69, 9.17) is 0 Å². The molecule has 0 unspecified atom stereocenters. The summed E-state index contributed by atoms with van der Waals surface area (Å²) in [5, 5.41) is 10.8. The first-order valence-corrected chi connectivity index (χ1v) is 5.60. The molecular formula is C12H12N2O4. The number of anilines is 1. The van der Waals surface area contributed by atoms with E-state index in [2.05, 4.69) is 0 Å². The van der Waals surface area contributed by atoms with Gasteiger partial charge in [0.1, 0.15) is 0 Å². The Morgan fingerprint density at radius 2 is 2.17 bits per heavy atom. The number of carbonyl (C=O) groups excluding carboxylic acids is 2. The van der Waals surface area contributed by atoms with Gasteiger partial charge in [-0.3, -0.25) is 19.7 Å². The molecule has 0 radical (unpaired) electrons. The van der Waals surface area contributed by atoms with Gasteiger partial charge in [0.25, 0.3) is 5.69 Å². The Morgan fingerprint density at radius 3 is 2.67 bits per heavy atom. The van der Waals surface area contributed by atoms with Gasteiger partial charge < -0.3 is 4.90 Å². The van der Waals surface area contributed by atoms with Crippen LogP contribution in [-0.4, -0.2) is 23.2 Å². The van der Waals surface area contributed by atoms with E-state index in [-0.39, 0.29) is 22.9 Å². The van der Waals surface area contributed by atoms with Crippen molar-refractivity contribution in [1.82, 2.24) is 0 Å². The van der Waals surface area contributed by atoms with Crippen molar-refractivity contribution in [3.63, 3.8) is 0 Å². The van der Waals surface area contributed by atoms with Gasteiger partial charge in [0.15, 0.2) is 5.78 Å². The summed E-state index contributed by atoms with van der Waals surface area (Å²) in [6.07, 6.45) is 1.25. The molecule has 1 aliphatic heterocycles. The van der Waals surface area contributed by atoms with Crippen molar-refractivity contribution in [2.75, 3.05) is 11.4 Å². The zero-order chi connectivity index (χ0) is 13.3. The van der Waals surface area contributed by atoms with Gasteiger partial charge in [-0.15, -0.1) is 0 Å². The van der Waals surface area contributed by atoms with E-state index in [1.54, 1.807) is 4.90 Å². The van der Waals surface area contributed by atoms with Crippen LogP contribution in [0.2, 0.25) is 0 Å². The van der Waals surface area contributed by atoms with Crippen LogP contribution in [0.4, 0.5) is 11.4 Å². The summed E-state index contributed by atoms with van der Waals surface area (Å²) in [7, 11) is 0. The topological polar surface area (TPSA) is 80.5 Å². The molecule has 2 rings (SSSR count). The van der Waals surface area contributed by atoms with Crippen LogP contribution in [0.3, 0.4) is 0 Å². The first-order chi connectivity index (χ1) is 8.50. The van der Waals surface area contributed by atoms with Crippen LogP contribution in [-0.2, 0) is 4.79 Å². The normalized spacial score (nSPS) is 14.9. The SMILES string of the molecule is CC(=O)c1cc(N2CCCC2=O)ccc1[N+](=O)[O-]. The first kappa shape index (κ1) is 12.2. The molecule has 6 nitrogen and oxygen atoms in total. The number of hydrogen-bond acceptors (Lipinski definition) is 4. The second-order valence-electron chi connectivity index (χ2n) is 4.16. The highest BCUT2D eigenvalue weighted by Gasteiger charge is 2.25. The largest absolute Gasteiger partial charge is 0.312 e. The quantitative estimate of drug-likeness (QED) is 0.465. The van der Waals surface area contributed by atoms with Gasteiger partial charge in [0.2, 0.25) is 5.91 Å². The van der Waals surface area contributed by atoms with E-state index in [1.165, 1.54) is 25.1 Å². The third kappa shape index (κ3) is 2.09. The zero-order valence-corrected chi connectivity index (χ0v) is 9.88. The van der Waals surface area contributed by atoms with Gasteiger partial charge in [-0.1, -0.05) is 0 Å². The number of rotatable bonds is 3. The third-order valence-electron chi connectivity index (χ3n) is 2.94. The van der Waals surface area contributed by atoms with Crippen LogP contribution in [0.15, 0.2) is 18.2 Å². The Kier molecular flexibility index (Phi) is 3.10. The van der Waals surface area contributed by atoms with Crippen LogP contribution in [0.25, 0.3) is 0 Å². The average Bonchev–Trinajstić information content (AvgIpc) is 2.74. The van der Waals surface area contributed by atoms with Crippen molar-refractivity contribution < 1.29 is 14.5 Å². The third-order valence-corrected chi connectivity index (χ3v) is 2.94. The molecule has 1 aliphatic rings. The smallest absolute Gasteiger partial charge is 0.280 e. The van der Waals surface area contributed by atoms with E-state index in [9.17, 15) is 19.7 Å². The van der Waals surface area contributed by atoms with Gasteiger partial charge >= 0.3 is 0 Å². The summed E-state index contributed by atoms with van der Waals surface area (Å²) in [5.41, 5.74) is 0.364. The molecule has 6 heteroatoms. The van der Waals surface area contributed by atoms with Gasteiger partial charge in [-0.2, -0.15) is 0 Å². The van der Waals surface area contributed by atoms with Gasteiger partial charge in [-0.05, 0) is 25.5 Å². The Morgan fingerprint density at radius 1 is 1.44 bits per heavy atom. The molecule has 1 saturated heterocycles. The second kappa shape index (κ2) is 4.56. The predicted octanol–water partition coefficient (Wildman–Crippen LogP) is 1.92. The molecule has 0 aromatic heterocycles. The highest BCUT2D eigenvalue weighted by Crippen LogP contribution is 2.28. The molecule has 0 aliphatic carbocycles. The fraction of sp³-hybridized carbons (Fsp3) is 0.333. The molecule has 18 heavy (non-hydrogen) atoms. The standard InChI is InChI=1S/C12H12N2O4/c1-8(15)10-7-9(4-5-11(10)14(17)18)13-6-2-3-12(13)16/h4-5,7H,2-3,6H2,1H3. The maximum Gasteiger partial charge on any atom is 0.280 e. The number of carbonyl (C=O) groups is 2. The monoisotopic (exact) mass is 248 g/mol. The van der Waals surface area contributed by atoms with Crippen molar-refractivity contribution in [2.45, 2.75) is 19.8 Å². The number of nitro benzene ring substituents is 1. The zero-order valence-electron chi connectivity index (χ0n) is 9.88. The fourth-order valence-corrected chi connectivity index (χ4v) is 2.05. The van der Waals surface area contributed by atoms with Crippen LogP contribution in [0.5, 0.6) is 0 Å². The van der Waals surface area contributed by atoms with Crippen molar-refractivity contribution in [3.8, 4) is 0 Å². The van der Waals surface area contributed by atoms with Crippen molar-refractivity contribution in [3.05, 3.63) is 33.9 Å². The summed E-state index contributed by atoms with van der Waals surface area (Å²) in [4.78, 5) is 34.7. The Hall–Kier alpha value is -2.24. The van der Waals surface area contributed by atoms with Gasteiger partial charge in [0, 0.05) is 24.7 Å². The number of hydrogen-bond donors (Lipinski definition) is 0. The van der Waals surface area contributed by atoms with Crippen LogP contribution >= 0.6 is 0 Å². The molecule has 0 spiro atoms. The van der Waals surface area contributed by atoms with Gasteiger partial charge in [-0.25, -0.2) is 0 Å². The number of Topliss-reactive ketones (excluding diaryl/α,β-unsaturated/α-hetero) is 1. The summed E-state index contributed by atoms with van der Waals surface area (Å²) < 4.78 is 0. The number of nitrogens with zero attached hydrogens (tertiary/aromatic N) is 2. The molecule has 1 aromatic carbocycles. The van der Waals surface area contributed by atoms with E-state index in [1.807, 2.05) is 0 Å². The second-order valence-corrected chi connectivity index (χ2v) is 4.16. The predicted molar refractivity (Wildman–Crippen MR) is 64.7 cm³/mol. The lowest BCUT2D eigenvalue weighted by molar-refractivity contribution is -0.385. The van der Waals surface area contributed by atoms with Crippen LogP contribution in [0.1, 0.15) is 30.1 Å². The average molecular weight is 248 g/mol. The molecule has 1 aromatic rings. The first-order valence-electron chi connectivity index (χ1n) is 5.60. The summed E-state index contributed by atoms with van der Waals surface area (Å²) >= 11 is 0. The van der Waals surface area contributed by atoms with E-state index in [0.29, 0.717) is 18.7 Å². The number of amides is 1. The minimum absolute atomic E-state index is 0.0154. The number of benzene rings is 1. The van der Waals surface area contributed by atoms with Gasteiger partial charge in [0.05, 0.1) is 10.5 Å². The molecule has 0 N–H and O–H groups in total. The van der Waals surface area contributed by atoms with Crippen molar-refractivity contribution in [2.24, 2.45) is 0 Å². The summed E-state index contributed by atoms with van der Waals surface area (Å²) in [6, 6.07) is 4.20. The molecule has 0 atom stereocenters. The lowest BCUT2D eigenvalue weighted by Crippen LogP contribution is -2.23. The highest BCUT2D eigenvalue weighted by molar-refractivity contribution is 6.01. The molecule has 0 bridgehead atoms. The highest BCUT2D eigenvalue weighted by atomic mass is 16.6. The summed E-state index contributed by atoms with van der Waals surface area (Å²) in [6.45, 7) is 1.87. The molecule has 1 heterocycles. The van der Waals surface area contributed by atoms with E-state index < -0.39 is 4.92 Å². The minimum Gasteiger partial charge on any atom is -0.312 e. The van der Waals surface area contributed by atoms with E-state index in [0.717, 1.165) is 6.42 Å². The maximum atomic E-state index is 11.6. The minimum atomic E-state index is -0.591. The molecule has 0 saturated carbocycles. The van der Waals surface area contributed by atoms with Crippen molar-refractivity contribution >= 4 is 23.1 Å². The lowest BCUT2D eigenvalue weighted by Gasteiger charge is -2.16. The van der Waals surface area contributed by atoms with Crippen LogP contribution in [0, 0.1) is 10.1 Å². The van der Waals surface area contributed by atoms with Crippen molar-refractivity contribution in [1.29, 1.82) is 0 Å². The molecule has 94 valence electrons. The lowest BCUT2D eigenvalue weighted by atomic mass is 10.1. The Balaban J connectivity index is 2.46. The fourth-order valence-electron chi connectivity index (χ4n) is 2.05. The summed E-state index contributed by atoms with van der Waals surface area (Å²) in [5.74, 6) is -0.395. The molecule has 1 fully saturated rings. The molecular weight excluding hydrogens is 236 g/mol. The Bertz CT molecular complexity index is 539. The number of nitro groups is 1. The maximum absolute atomic E-state index is 11.6.